The SMILES string of the molecule is O=C(Cc1c(F)cccc1F)N1CCCC1C1CCCN1. The largest absolute Gasteiger partial charge is 0.338 e. The molecule has 0 saturated carbocycles. The molecule has 2 aliphatic rings. The summed E-state index contributed by atoms with van der Waals surface area (Å²) >= 11 is 0. The number of hydrogen-bond donors (Lipinski definition) is 1. The molecule has 21 heavy (non-hydrogen) atoms. The summed E-state index contributed by atoms with van der Waals surface area (Å²) in [6.07, 6.45) is 3.95. The van der Waals surface area contributed by atoms with Crippen LogP contribution in [0.1, 0.15) is 31.2 Å². The Morgan fingerprint density at radius 1 is 1.24 bits per heavy atom. The molecule has 2 unspecified atom stereocenters. The topological polar surface area (TPSA) is 32.3 Å². The Hall–Kier alpha value is -1.49. The first kappa shape index (κ1) is 14.4. The van der Waals surface area contributed by atoms with Gasteiger partial charge in [0.1, 0.15) is 11.6 Å². The van der Waals surface area contributed by atoms with Gasteiger partial charge in [-0.3, -0.25) is 4.79 Å². The number of benzene rings is 1. The number of halogens is 2. The van der Waals surface area contributed by atoms with Crippen LogP contribution in [0.5, 0.6) is 0 Å². The van der Waals surface area contributed by atoms with Crippen LogP contribution in [-0.4, -0.2) is 36.0 Å². The average Bonchev–Trinajstić information content (AvgIpc) is 3.12. The Bertz CT molecular complexity index is 509. The van der Waals surface area contributed by atoms with E-state index in [0.717, 1.165) is 32.2 Å². The van der Waals surface area contributed by atoms with E-state index in [1.807, 2.05) is 4.90 Å². The van der Waals surface area contributed by atoms with Gasteiger partial charge in [-0.2, -0.15) is 0 Å². The average molecular weight is 294 g/mol. The lowest BCUT2D eigenvalue weighted by Gasteiger charge is -2.29. The number of likely N-dealkylation sites (tertiary alicyclic amines) is 1. The van der Waals surface area contributed by atoms with E-state index in [1.54, 1.807) is 0 Å². The summed E-state index contributed by atoms with van der Waals surface area (Å²) < 4.78 is 27.3. The number of amides is 1. The zero-order valence-electron chi connectivity index (χ0n) is 11.9. The van der Waals surface area contributed by atoms with Crippen molar-refractivity contribution in [1.29, 1.82) is 0 Å². The van der Waals surface area contributed by atoms with Gasteiger partial charge in [-0.05, 0) is 44.4 Å². The van der Waals surface area contributed by atoms with Crippen LogP contribution in [0.15, 0.2) is 18.2 Å². The van der Waals surface area contributed by atoms with Gasteiger partial charge in [0, 0.05) is 24.2 Å². The van der Waals surface area contributed by atoms with E-state index in [-0.39, 0.29) is 23.9 Å². The summed E-state index contributed by atoms with van der Waals surface area (Å²) in [6.45, 7) is 1.68. The van der Waals surface area contributed by atoms with Gasteiger partial charge in [-0.15, -0.1) is 0 Å². The predicted molar refractivity (Wildman–Crippen MR) is 75.8 cm³/mol. The maximum Gasteiger partial charge on any atom is 0.227 e. The summed E-state index contributed by atoms with van der Waals surface area (Å²) in [7, 11) is 0. The molecule has 2 saturated heterocycles. The highest BCUT2D eigenvalue weighted by atomic mass is 19.1. The van der Waals surface area contributed by atoms with E-state index >= 15 is 0 Å². The van der Waals surface area contributed by atoms with Crippen molar-refractivity contribution in [2.24, 2.45) is 0 Å². The molecule has 0 spiro atoms. The second kappa shape index (κ2) is 6.10. The Morgan fingerprint density at radius 3 is 2.67 bits per heavy atom. The van der Waals surface area contributed by atoms with Crippen molar-refractivity contribution in [2.45, 2.75) is 44.2 Å². The number of carbonyl (C=O) groups excluding carboxylic acids is 1. The van der Waals surface area contributed by atoms with Gasteiger partial charge in [0.15, 0.2) is 0 Å². The maximum absolute atomic E-state index is 13.7. The molecule has 1 N–H and O–H groups in total. The smallest absolute Gasteiger partial charge is 0.227 e. The molecule has 0 aliphatic carbocycles. The number of hydrogen-bond acceptors (Lipinski definition) is 2. The fraction of sp³-hybridized carbons (Fsp3) is 0.562. The lowest BCUT2D eigenvalue weighted by Crippen LogP contribution is -2.47. The third-order valence-electron chi connectivity index (χ3n) is 4.57. The minimum absolute atomic E-state index is 0.118. The van der Waals surface area contributed by atoms with Gasteiger partial charge in [0.05, 0.1) is 6.42 Å². The van der Waals surface area contributed by atoms with Gasteiger partial charge in [0.25, 0.3) is 0 Å². The molecule has 1 aromatic rings. The Labute approximate surface area is 123 Å². The minimum Gasteiger partial charge on any atom is -0.338 e. The van der Waals surface area contributed by atoms with Crippen LogP contribution in [0.2, 0.25) is 0 Å². The molecule has 0 bridgehead atoms. The van der Waals surface area contributed by atoms with E-state index in [1.165, 1.54) is 18.2 Å². The van der Waals surface area contributed by atoms with E-state index in [9.17, 15) is 13.6 Å². The van der Waals surface area contributed by atoms with Crippen LogP contribution in [0.25, 0.3) is 0 Å². The van der Waals surface area contributed by atoms with Crippen LogP contribution in [0, 0.1) is 11.6 Å². The molecule has 2 atom stereocenters. The van der Waals surface area contributed by atoms with E-state index < -0.39 is 11.6 Å². The molecule has 1 aromatic carbocycles. The maximum atomic E-state index is 13.7. The zero-order chi connectivity index (χ0) is 14.8. The van der Waals surface area contributed by atoms with E-state index in [0.29, 0.717) is 12.6 Å². The van der Waals surface area contributed by atoms with Crippen LogP contribution < -0.4 is 5.32 Å². The highest BCUT2D eigenvalue weighted by molar-refractivity contribution is 5.79. The first-order valence-corrected chi connectivity index (χ1v) is 7.62. The predicted octanol–water partition coefficient (Wildman–Crippen LogP) is 2.25. The van der Waals surface area contributed by atoms with Gasteiger partial charge in [-0.25, -0.2) is 8.78 Å². The number of nitrogens with zero attached hydrogens (tertiary/aromatic N) is 1. The monoisotopic (exact) mass is 294 g/mol. The molecule has 3 nitrogen and oxygen atoms in total. The van der Waals surface area contributed by atoms with Crippen molar-refractivity contribution in [1.82, 2.24) is 10.2 Å². The Kier molecular flexibility index (Phi) is 4.19. The van der Waals surface area contributed by atoms with Crippen molar-refractivity contribution in [3.8, 4) is 0 Å². The summed E-state index contributed by atoms with van der Waals surface area (Å²) in [5.41, 5.74) is -0.118. The number of carbonyl (C=O) groups is 1. The highest BCUT2D eigenvalue weighted by Gasteiger charge is 2.36. The van der Waals surface area contributed by atoms with Gasteiger partial charge < -0.3 is 10.2 Å². The summed E-state index contributed by atoms with van der Waals surface area (Å²) in [5, 5.41) is 3.43. The quantitative estimate of drug-likeness (QED) is 0.927. The molecule has 2 fully saturated rings. The van der Waals surface area contributed by atoms with Crippen molar-refractivity contribution in [3.05, 3.63) is 35.4 Å². The van der Waals surface area contributed by atoms with Crippen LogP contribution in [0.4, 0.5) is 8.78 Å². The molecule has 114 valence electrons. The molecular formula is C16H20F2N2O. The summed E-state index contributed by atoms with van der Waals surface area (Å²) in [4.78, 5) is 14.3. The van der Waals surface area contributed by atoms with Crippen molar-refractivity contribution < 1.29 is 13.6 Å². The molecule has 2 heterocycles. The van der Waals surface area contributed by atoms with Crippen molar-refractivity contribution in [2.75, 3.05) is 13.1 Å². The van der Waals surface area contributed by atoms with Crippen LogP contribution in [-0.2, 0) is 11.2 Å². The molecular weight excluding hydrogens is 274 g/mol. The third-order valence-corrected chi connectivity index (χ3v) is 4.57. The highest BCUT2D eigenvalue weighted by Crippen LogP contribution is 2.26. The van der Waals surface area contributed by atoms with E-state index in [4.69, 9.17) is 0 Å². The van der Waals surface area contributed by atoms with Gasteiger partial charge in [0.2, 0.25) is 5.91 Å². The summed E-state index contributed by atoms with van der Waals surface area (Å²) in [6, 6.07) is 4.23. The molecule has 3 rings (SSSR count). The Balaban J connectivity index is 1.72. The van der Waals surface area contributed by atoms with Gasteiger partial charge >= 0.3 is 0 Å². The number of rotatable bonds is 3. The minimum atomic E-state index is -0.641. The molecule has 2 aliphatic heterocycles. The third kappa shape index (κ3) is 2.93. The lowest BCUT2D eigenvalue weighted by atomic mass is 10.0. The second-order valence-electron chi connectivity index (χ2n) is 5.88. The first-order chi connectivity index (χ1) is 10.2. The molecule has 1 amide bonds. The number of nitrogens with one attached hydrogen (secondary N) is 1. The van der Waals surface area contributed by atoms with Crippen molar-refractivity contribution >= 4 is 5.91 Å². The molecule has 0 aromatic heterocycles. The fourth-order valence-electron chi connectivity index (χ4n) is 3.51. The lowest BCUT2D eigenvalue weighted by molar-refractivity contribution is -0.131. The van der Waals surface area contributed by atoms with Crippen LogP contribution in [0.3, 0.4) is 0 Å². The Morgan fingerprint density at radius 2 is 2.00 bits per heavy atom. The van der Waals surface area contributed by atoms with Crippen molar-refractivity contribution in [3.63, 3.8) is 0 Å². The normalized spacial score (nSPS) is 25.5. The zero-order valence-corrected chi connectivity index (χ0v) is 11.9. The van der Waals surface area contributed by atoms with E-state index in [2.05, 4.69) is 5.32 Å². The second-order valence-corrected chi connectivity index (χ2v) is 5.88. The standard InChI is InChI=1S/C16H20F2N2O/c17-12-4-1-5-13(18)11(12)10-16(21)20-9-3-7-15(20)14-6-2-8-19-14/h1,4-5,14-15,19H,2-3,6-10H2. The van der Waals surface area contributed by atoms with Crippen LogP contribution >= 0.6 is 0 Å². The van der Waals surface area contributed by atoms with Gasteiger partial charge in [-0.1, -0.05) is 6.07 Å². The fourth-order valence-corrected chi connectivity index (χ4v) is 3.51. The molecule has 0 radical (unpaired) electrons. The molecule has 5 heteroatoms. The summed E-state index contributed by atoms with van der Waals surface area (Å²) in [5.74, 6) is -1.45. The first-order valence-electron chi connectivity index (χ1n) is 7.62.